The molecule has 128 valence electrons. The molecule has 0 aliphatic heterocycles. The van der Waals surface area contributed by atoms with Crippen LogP contribution >= 0.6 is 0 Å². The fourth-order valence-corrected chi connectivity index (χ4v) is 3.47. The van der Waals surface area contributed by atoms with Gasteiger partial charge in [0.05, 0.1) is 11.3 Å². The Hall–Kier alpha value is -3.20. The van der Waals surface area contributed by atoms with Crippen LogP contribution in [0.4, 0.5) is 5.69 Å². The average molecular weight is 341 g/mol. The molecule has 0 fully saturated rings. The number of carbonyl (C=O) groups excluding carboxylic acids is 1. The lowest BCUT2D eigenvalue weighted by Gasteiger charge is -2.22. The number of nitrogens with zero attached hydrogens (tertiary/aromatic N) is 1. The molecule has 0 spiro atoms. The molecule has 0 saturated carbocycles. The van der Waals surface area contributed by atoms with Gasteiger partial charge in [0.1, 0.15) is 5.76 Å². The van der Waals surface area contributed by atoms with Gasteiger partial charge < -0.3 is 5.11 Å². The highest BCUT2D eigenvalue weighted by Crippen LogP contribution is 2.33. The van der Waals surface area contributed by atoms with Crippen LogP contribution in [0, 0.1) is 0 Å². The minimum absolute atomic E-state index is 0.0263. The third-order valence-electron chi connectivity index (χ3n) is 4.85. The van der Waals surface area contributed by atoms with Gasteiger partial charge in [-0.05, 0) is 22.9 Å². The summed E-state index contributed by atoms with van der Waals surface area (Å²) in [6.07, 6.45) is 2.37. The monoisotopic (exact) mass is 341 g/mol. The summed E-state index contributed by atoms with van der Waals surface area (Å²) in [5.74, 6) is 0.0871. The van der Waals surface area contributed by atoms with Gasteiger partial charge in [-0.3, -0.25) is 9.79 Å². The summed E-state index contributed by atoms with van der Waals surface area (Å²) in [6.45, 7) is 0. The molecule has 1 atom stereocenters. The van der Waals surface area contributed by atoms with E-state index >= 15 is 0 Å². The molecular weight excluding hydrogens is 322 g/mol. The van der Waals surface area contributed by atoms with Gasteiger partial charge >= 0.3 is 0 Å². The van der Waals surface area contributed by atoms with E-state index in [2.05, 4.69) is 4.99 Å². The predicted molar refractivity (Wildman–Crippen MR) is 105 cm³/mol. The molecule has 3 heteroatoms. The van der Waals surface area contributed by atoms with Gasteiger partial charge in [0.15, 0.2) is 5.78 Å². The summed E-state index contributed by atoms with van der Waals surface area (Å²) >= 11 is 0. The van der Waals surface area contributed by atoms with E-state index in [1.807, 2.05) is 72.8 Å². The Balaban J connectivity index is 1.63. The number of aliphatic hydroxyl groups is 1. The molecule has 1 unspecified atom stereocenters. The van der Waals surface area contributed by atoms with Crippen molar-refractivity contribution < 1.29 is 9.90 Å². The molecule has 26 heavy (non-hydrogen) atoms. The summed E-state index contributed by atoms with van der Waals surface area (Å²) in [4.78, 5) is 17.1. The van der Waals surface area contributed by atoms with Crippen molar-refractivity contribution in [3.63, 3.8) is 0 Å². The predicted octanol–water partition coefficient (Wildman–Crippen LogP) is 5.50. The maximum absolute atomic E-state index is 12.6. The normalized spacial score (nSPS) is 18.0. The first-order valence-electron chi connectivity index (χ1n) is 8.74. The van der Waals surface area contributed by atoms with Gasteiger partial charge in [-0.15, -0.1) is 0 Å². The van der Waals surface area contributed by atoms with Crippen molar-refractivity contribution in [2.24, 2.45) is 4.99 Å². The zero-order valence-corrected chi connectivity index (χ0v) is 14.3. The lowest BCUT2D eigenvalue weighted by atomic mass is 9.83. The molecule has 4 rings (SSSR count). The molecule has 0 saturated heterocycles. The van der Waals surface area contributed by atoms with Gasteiger partial charge in [0.25, 0.3) is 0 Å². The summed E-state index contributed by atoms with van der Waals surface area (Å²) in [7, 11) is 0. The number of ketones is 1. The molecule has 3 aromatic carbocycles. The smallest absolute Gasteiger partial charge is 0.168 e. The van der Waals surface area contributed by atoms with E-state index < -0.39 is 0 Å². The van der Waals surface area contributed by atoms with Crippen molar-refractivity contribution in [2.45, 2.75) is 18.8 Å². The second-order valence-electron chi connectivity index (χ2n) is 6.56. The number of benzene rings is 3. The Labute approximate surface area is 152 Å². The average Bonchev–Trinajstić information content (AvgIpc) is 2.68. The van der Waals surface area contributed by atoms with Crippen LogP contribution in [0.25, 0.3) is 10.8 Å². The van der Waals surface area contributed by atoms with Gasteiger partial charge in [-0.25, -0.2) is 0 Å². The van der Waals surface area contributed by atoms with Gasteiger partial charge in [0, 0.05) is 24.4 Å². The largest absolute Gasteiger partial charge is 0.511 e. The van der Waals surface area contributed by atoms with Crippen molar-refractivity contribution in [3.8, 4) is 0 Å². The van der Waals surface area contributed by atoms with Crippen LogP contribution in [-0.2, 0) is 4.79 Å². The fraction of sp³-hybridized carbons (Fsp3) is 0.130. The summed E-state index contributed by atoms with van der Waals surface area (Å²) in [6, 6.07) is 23.7. The summed E-state index contributed by atoms with van der Waals surface area (Å²) in [5, 5.41) is 12.6. The van der Waals surface area contributed by atoms with E-state index in [9.17, 15) is 9.90 Å². The second kappa shape index (κ2) is 6.96. The second-order valence-corrected chi connectivity index (χ2v) is 6.56. The highest BCUT2D eigenvalue weighted by atomic mass is 16.3. The van der Waals surface area contributed by atoms with E-state index in [1.54, 1.807) is 0 Å². The first-order valence-corrected chi connectivity index (χ1v) is 8.74. The maximum atomic E-state index is 12.6. The Morgan fingerprint density at radius 3 is 2.42 bits per heavy atom. The lowest BCUT2D eigenvalue weighted by Crippen LogP contribution is -2.19. The van der Waals surface area contributed by atoms with Crippen LogP contribution in [0.1, 0.15) is 24.3 Å². The molecule has 3 aromatic rings. The standard InChI is InChI=1S/C23H19NO2/c25-22-13-18(16-7-2-1-3-8-16)14-23(26)20(22)15-24-21-12-6-10-17-9-4-5-11-19(17)21/h1-12,15,18,25H,13-14H2. The Morgan fingerprint density at radius 2 is 1.62 bits per heavy atom. The molecule has 1 aliphatic rings. The van der Waals surface area contributed by atoms with Crippen molar-refractivity contribution in [2.75, 3.05) is 0 Å². The molecule has 1 aliphatic carbocycles. The maximum Gasteiger partial charge on any atom is 0.168 e. The van der Waals surface area contributed by atoms with E-state index in [1.165, 1.54) is 6.21 Å². The molecule has 0 amide bonds. The zero-order valence-electron chi connectivity index (χ0n) is 14.3. The molecule has 0 aromatic heterocycles. The van der Waals surface area contributed by atoms with Crippen LogP contribution in [0.15, 0.2) is 89.1 Å². The van der Waals surface area contributed by atoms with Gasteiger partial charge in [0.2, 0.25) is 0 Å². The van der Waals surface area contributed by atoms with Crippen LogP contribution < -0.4 is 0 Å². The first-order chi connectivity index (χ1) is 12.7. The molecule has 0 bridgehead atoms. The molecule has 0 heterocycles. The minimum Gasteiger partial charge on any atom is -0.511 e. The molecular formula is C23H19NO2. The minimum atomic E-state index is -0.0633. The number of fused-ring (bicyclic) bond motifs is 1. The van der Waals surface area contributed by atoms with E-state index in [0.29, 0.717) is 18.4 Å². The fourth-order valence-electron chi connectivity index (χ4n) is 3.47. The Morgan fingerprint density at radius 1 is 0.885 bits per heavy atom. The number of aliphatic imine (C=N–C) groups is 1. The topological polar surface area (TPSA) is 49.7 Å². The molecule has 3 nitrogen and oxygen atoms in total. The van der Waals surface area contributed by atoms with Crippen molar-refractivity contribution in [1.29, 1.82) is 0 Å². The quantitative estimate of drug-likeness (QED) is 0.639. The third-order valence-corrected chi connectivity index (χ3v) is 4.85. The first kappa shape index (κ1) is 16.3. The van der Waals surface area contributed by atoms with E-state index in [4.69, 9.17) is 0 Å². The Bertz CT molecular complexity index is 1010. The number of Topliss-reactive ketones (excluding diaryl/α,β-unsaturated/α-hetero) is 1. The summed E-state index contributed by atoms with van der Waals surface area (Å²) in [5.41, 5.74) is 2.20. The lowest BCUT2D eigenvalue weighted by molar-refractivity contribution is -0.116. The SMILES string of the molecule is O=C1CC(c2ccccc2)CC(O)=C1C=Nc1cccc2ccccc12. The summed E-state index contributed by atoms with van der Waals surface area (Å²) < 4.78 is 0. The highest BCUT2D eigenvalue weighted by molar-refractivity contribution is 6.15. The number of carbonyl (C=O) groups is 1. The third kappa shape index (κ3) is 3.16. The van der Waals surface area contributed by atoms with Crippen molar-refractivity contribution in [3.05, 3.63) is 89.7 Å². The molecule has 1 N–H and O–H groups in total. The Kier molecular flexibility index (Phi) is 4.36. The van der Waals surface area contributed by atoms with Crippen LogP contribution in [-0.4, -0.2) is 17.1 Å². The number of allylic oxidation sites excluding steroid dienone is 2. The number of rotatable bonds is 3. The van der Waals surface area contributed by atoms with Crippen LogP contribution in [0.2, 0.25) is 0 Å². The zero-order chi connectivity index (χ0) is 17.9. The number of hydrogen-bond donors (Lipinski definition) is 1. The van der Waals surface area contributed by atoms with E-state index in [0.717, 1.165) is 22.0 Å². The number of hydrogen-bond acceptors (Lipinski definition) is 3. The van der Waals surface area contributed by atoms with Crippen LogP contribution in [0.5, 0.6) is 0 Å². The molecule has 0 radical (unpaired) electrons. The van der Waals surface area contributed by atoms with Gasteiger partial charge in [-0.2, -0.15) is 0 Å². The van der Waals surface area contributed by atoms with Crippen molar-refractivity contribution >= 4 is 28.5 Å². The van der Waals surface area contributed by atoms with Gasteiger partial charge in [-0.1, -0.05) is 66.7 Å². The van der Waals surface area contributed by atoms with Crippen molar-refractivity contribution in [1.82, 2.24) is 0 Å². The van der Waals surface area contributed by atoms with E-state index in [-0.39, 0.29) is 17.5 Å². The van der Waals surface area contributed by atoms with Crippen LogP contribution in [0.3, 0.4) is 0 Å². The highest BCUT2D eigenvalue weighted by Gasteiger charge is 2.27. The number of aliphatic hydroxyl groups excluding tert-OH is 1.